The Morgan fingerprint density at radius 3 is 2.68 bits per heavy atom. The molecule has 0 fully saturated rings. The standard InChI is InChI=1S/C20H22N2OS2/c1-20(2,3)18(23)17-16(21)15-14(13-9-6-10-24-13)11-7-4-5-8-12(11)22-19(15)25-17/h6,9-10H,4-5,7-8,21H2,1-3H3. The fourth-order valence-corrected chi connectivity index (χ4v) is 5.59. The zero-order valence-corrected chi connectivity index (χ0v) is 16.4. The van der Waals surface area contributed by atoms with Crippen molar-refractivity contribution in [2.45, 2.75) is 46.5 Å². The number of ketones is 1. The molecule has 3 nitrogen and oxygen atoms in total. The molecule has 0 amide bonds. The van der Waals surface area contributed by atoms with Crippen LogP contribution in [-0.2, 0) is 12.8 Å². The van der Waals surface area contributed by atoms with Crippen molar-refractivity contribution in [2.24, 2.45) is 5.41 Å². The predicted octanol–water partition coefficient (Wildman–Crippen LogP) is 5.71. The van der Waals surface area contributed by atoms with Gasteiger partial charge in [-0.3, -0.25) is 4.79 Å². The Balaban J connectivity index is 2.06. The molecule has 1 aliphatic rings. The van der Waals surface area contributed by atoms with Gasteiger partial charge < -0.3 is 5.73 Å². The Kier molecular flexibility index (Phi) is 3.96. The van der Waals surface area contributed by atoms with Gasteiger partial charge in [0, 0.05) is 26.9 Å². The van der Waals surface area contributed by atoms with E-state index in [9.17, 15) is 4.79 Å². The number of pyridine rings is 1. The lowest BCUT2D eigenvalue weighted by atomic mass is 9.88. The molecule has 0 atom stereocenters. The van der Waals surface area contributed by atoms with E-state index in [-0.39, 0.29) is 5.78 Å². The van der Waals surface area contributed by atoms with Crippen molar-refractivity contribution in [1.82, 2.24) is 4.98 Å². The molecule has 0 bridgehead atoms. The second kappa shape index (κ2) is 5.92. The van der Waals surface area contributed by atoms with Crippen LogP contribution >= 0.6 is 22.7 Å². The van der Waals surface area contributed by atoms with E-state index in [0.717, 1.165) is 23.1 Å². The summed E-state index contributed by atoms with van der Waals surface area (Å²) in [6.07, 6.45) is 4.44. The molecule has 3 heterocycles. The third-order valence-corrected chi connectivity index (χ3v) is 6.79. The second-order valence-electron chi connectivity index (χ2n) is 7.70. The molecule has 0 spiro atoms. The Labute approximate surface area is 155 Å². The van der Waals surface area contributed by atoms with Crippen LogP contribution in [0, 0.1) is 5.41 Å². The second-order valence-corrected chi connectivity index (χ2v) is 9.65. The zero-order chi connectivity index (χ0) is 17.8. The van der Waals surface area contributed by atoms with Gasteiger partial charge in [-0.05, 0) is 42.7 Å². The van der Waals surface area contributed by atoms with Gasteiger partial charge in [0.05, 0.1) is 10.6 Å². The van der Waals surface area contributed by atoms with Crippen LogP contribution in [0.3, 0.4) is 0 Å². The third kappa shape index (κ3) is 2.70. The molecular formula is C20H22N2OS2. The number of thiophene rings is 2. The molecule has 0 aromatic carbocycles. The average molecular weight is 371 g/mol. The lowest BCUT2D eigenvalue weighted by Crippen LogP contribution is -2.20. The molecule has 3 aromatic heterocycles. The Hall–Kier alpha value is -1.72. The average Bonchev–Trinajstić information content (AvgIpc) is 3.20. The maximum atomic E-state index is 12.9. The number of nitrogen functional groups attached to an aromatic ring is 1. The lowest BCUT2D eigenvalue weighted by Gasteiger charge is -2.19. The number of Topliss-reactive ketones (excluding diaryl/α,β-unsaturated/α-hetero) is 1. The highest BCUT2D eigenvalue weighted by molar-refractivity contribution is 7.21. The molecule has 3 aromatic rings. The normalized spacial score (nSPS) is 14.7. The minimum Gasteiger partial charge on any atom is -0.397 e. The highest BCUT2D eigenvalue weighted by atomic mass is 32.1. The first-order chi connectivity index (χ1) is 11.9. The number of carbonyl (C=O) groups excluding carboxylic acids is 1. The predicted molar refractivity (Wildman–Crippen MR) is 108 cm³/mol. The molecule has 0 unspecified atom stereocenters. The van der Waals surface area contributed by atoms with Gasteiger partial charge in [-0.2, -0.15) is 0 Å². The topological polar surface area (TPSA) is 56.0 Å². The zero-order valence-electron chi connectivity index (χ0n) is 14.8. The summed E-state index contributed by atoms with van der Waals surface area (Å²) in [4.78, 5) is 20.6. The van der Waals surface area contributed by atoms with Crippen molar-refractivity contribution in [3.05, 3.63) is 33.6 Å². The van der Waals surface area contributed by atoms with Crippen LogP contribution in [0.2, 0.25) is 0 Å². The molecular weight excluding hydrogens is 348 g/mol. The number of nitrogens with two attached hydrogens (primary N) is 1. The smallest absolute Gasteiger partial charge is 0.180 e. The van der Waals surface area contributed by atoms with Crippen molar-refractivity contribution in [3.8, 4) is 10.4 Å². The van der Waals surface area contributed by atoms with Crippen molar-refractivity contribution in [2.75, 3.05) is 5.73 Å². The number of hydrogen-bond acceptors (Lipinski definition) is 5. The molecule has 0 saturated carbocycles. The largest absolute Gasteiger partial charge is 0.397 e. The van der Waals surface area contributed by atoms with Crippen LogP contribution in [0.1, 0.15) is 54.5 Å². The first-order valence-corrected chi connectivity index (χ1v) is 10.4. The van der Waals surface area contributed by atoms with Gasteiger partial charge in [-0.25, -0.2) is 4.98 Å². The summed E-state index contributed by atoms with van der Waals surface area (Å²) < 4.78 is 0. The minimum atomic E-state index is -0.447. The lowest BCUT2D eigenvalue weighted by molar-refractivity contribution is 0.0863. The molecule has 0 radical (unpaired) electrons. The molecule has 0 saturated heterocycles. The third-order valence-electron chi connectivity index (χ3n) is 4.81. The van der Waals surface area contributed by atoms with Crippen LogP contribution in [0.25, 0.3) is 20.7 Å². The maximum Gasteiger partial charge on any atom is 0.180 e. The van der Waals surface area contributed by atoms with E-state index in [0.29, 0.717) is 10.6 Å². The van der Waals surface area contributed by atoms with E-state index < -0.39 is 5.41 Å². The number of carbonyl (C=O) groups is 1. The number of aromatic nitrogens is 1. The highest BCUT2D eigenvalue weighted by Gasteiger charge is 2.30. The van der Waals surface area contributed by atoms with E-state index in [4.69, 9.17) is 10.7 Å². The Morgan fingerprint density at radius 2 is 2.00 bits per heavy atom. The highest BCUT2D eigenvalue weighted by Crippen LogP contribution is 2.46. The SMILES string of the molecule is CC(C)(C)C(=O)c1sc2nc3c(c(-c4cccs4)c2c1N)CCCC3. The maximum absolute atomic E-state index is 12.9. The summed E-state index contributed by atoms with van der Waals surface area (Å²) in [5, 5.41) is 3.08. The summed E-state index contributed by atoms with van der Waals surface area (Å²) in [7, 11) is 0. The molecule has 25 heavy (non-hydrogen) atoms. The Morgan fingerprint density at radius 1 is 1.24 bits per heavy atom. The molecule has 130 valence electrons. The van der Waals surface area contributed by atoms with Crippen LogP contribution in [0.5, 0.6) is 0 Å². The summed E-state index contributed by atoms with van der Waals surface area (Å²) in [6.45, 7) is 5.83. The van der Waals surface area contributed by atoms with E-state index in [1.807, 2.05) is 20.8 Å². The van der Waals surface area contributed by atoms with E-state index in [2.05, 4.69) is 17.5 Å². The molecule has 5 heteroatoms. The summed E-state index contributed by atoms with van der Waals surface area (Å²) in [5.74, 6) is 0.100. The van der Waals surface area contributed by atoms with E-state index in [1.165, 1.54) is 45.9 Å². The first-order valence-electron chi connectivity index (χ1n) is 8.70. The van der Waals surface area contributed by atoms with Gasteiger partial charge in [0.1, 0.15) is 4.83 Å². The summed E-state index contributed by atoms with van der Waals surface area (Å²) >= 11 is 3.19. The van der Waals surface area contributed by atoms with Crippen molar-refractivity contribution < 1.29 is 4.79 Å². The number of hydrogen-bond donors (Lipinski definition) is 1. The number of fused-ring (bicyclic) bond motifs is 2. The van der Waals surface area contributed by atoms with Gasteiger partial charge >= 0.3 is 0 Å². The molecule has 0 aliphatic heterocycles. The number of aryl methyl sites for hydroxylation is 1. The fraction of sp³-hybridized carbons (Fsp3) is 0.400. The summed E-state index contributed by atoms with van der Waals surface area (Å²) in [5.41, 5.74) is 10.4. The van der Waals surface area contributed by atoms with Crippen molar-refractivity contribution in [1.29, 1.82) is 0 Å². The Bertz CT molecular complexity index is 962. The van der Waals surface area contributed by atoms with Crippen molar-refractivity contribution >= 4 is 44.4 Å². The first kappa shape index (κ1) is 16.7. The molecule has 4 rings (SSSR count). The minimum absolute atomic E-state index is 0.100. The van der Waals surface area contributed by atoms with E-state index >= 15 is 0 Å². The number of nitrogens with zero attached hydrogens (tertiary/aromatic N) is 1. The van der Waals surface area contributed by atoms with Crippen LogP contribution < -0.4 is 5.73 Å². The van der Waals surface area contributed by atoms with E-state index in [1.54, 1.807) is 11.3 Å². The van der Waals surface area contributed by atoms with Gasteiger partial charge in [-0.1, -0.05) is 26.8 Å². The number of rotatable bonds is 2. The fourth-order valence-electron chi connectivity index (χ4n) is 3.51. The molecule has 2 N–H and O–H groups in total. The van der Waals surface area contributed by atoms with Crippen LogP contribution in [-0.4, -0.2) is 10.8 Å². The van der Waals surface area contributed by atoms with Crippen LogP contribution in [0.4, 0.5) is 5.69 Å². The van der Waals surface area contributed by atoms with Gasteiger partial charge in [0.15, 0.2) is 5.78 Å². The quantitative estimate of drug-likeness (QED) is 0.587. The van der Waals surface area contributed by atoms with Crippen LogP contribution in [0.15, 0.2) is 17.5 Å². The van der Waals surface area contributed by atoms with Gasteiger partial charge in [-0.15, -0.1) is 22.7 Å². The monoisotopic (exact) mass is 370 g/mol. The summed E-state index contributed by atoms with van der Waals surface area (Å²) in [6, 6.07) is 4.22. The van der Waals surface area contributed by atoms with Crippen molar-refractivity contribution in [3.63, 3.8) is 0 Å². The van der Waals surface area contributed by atoms with Gasteiger partial charge in [0.25, 0.3) is 0 Å². The van der Waals surface area contributed by atoms with Gasteiger partial charge in [0.2, 0.25) is 0 Å². The number of anilines is 1. The molecule has 1 aliphatic carbocycles.